The molecule has 2 rings (SSSR count). The van der Waals surface area contributed by atoms with Crippen molar-refractivity contribution in [2.24, 2.45) is 0 Å². The smallest absolute Gasteiger partial charge is 0.237 e. The van der Waals surface area contributed by atoms with E-state index in [4.69, 9.17) is 16.9 Å². The van der Waals surface area contributed by atoms with E-state index in [9.17, 15) is 4.79 Å². The number of nitrogens with one attached hydrogen (secondary N) is 1. The molecule has 106 valence electrons. The lowest BCUT2D eigenvalue weighted by Gasteiger charge is -2.11. The van der Waals surface area contributed by atoms with Gasteiger partial charge in [-0.25, -0.2) is 9.97 Å². The molecule has 2 aromatic rings. The second-order valence-corrected chi connectivity index (χ2v) is 5.80. The Kier molecular flexibility index (Phi) is 5.14. The molecular weight excluding hydrogens is 308 g/mol. The Morgan fingerprint density at radius 3 is 2.76 bits per heavy atom. The molecule has 1 atom stereocenters. The molecule has 7 heteroatoms. The number of hydrogen-bond donors (Lipinski definition) is 1. The predicted molar refractivity (Wildman–Crippen MR) is 82.1 cm³/mol. The fourth-order valence-electron chi connectivity index (χ4n) is 1.49. The van der Waals surface area contributed by atoms with Crippen molar-refractivity contribution >= 4 is 35.0 Å². The van der Waals surface area contributed by atoms with Crippen LogP contribution in [0.2, 0.25) is 5.02 Å². The predicted octanol–water partition coefficient (Wildman–Crippen LogP) is 3.12. The molecule has 1 amide bonds. The second-order valence-electron chi connectivity index (χ2n) is 4.09. The monoisotopic (exact) mass is 318 g/mol. The van der Waals surface area contributed by atoms with Crippen molar-refractivity contribution in [2.75, 3.05) is 5.32 Å². The maximum atomic E-state index is 12.1. The van der Waals surface area contributed by atoms with Crippen molar-refractivity contribution in [2.45, 2.75) is 17.3 Å². The van der Waals surface area contributed by atoms with Gasteiger partial charge in [-0.2, -0.15) is 5.26 Å². The summed E-state index contributed by atoms with van der Waals surface area (Å²) in [6, 6.07) is 8.43. The molecular formula is C14H11ClN4OS. The van der Waals surface area contributed by atoms with E-state index >= 15 is 0 Å². The first-order valence-electron chi connectivity index (χ1n) is 6.04. The van der Waals surface area contributed by atoms with E-state index in [0.717, 1.165) is 0 Å². The van der Waals surface area contributed by atoms with Crippen LogP contribution in [0.25, 0.3) is 0 Å². The first-order valence-corrected chi connectivity index (χ1v) is 7.30. The zero-order chi connectivity index (χ0) is 15.2. The van der Waals surface area contributed by atoms with Crippen LogP contribution in [0.5, 0.6) is 0 Å². The minimum Gasteiger partial charge on any atom is -0.325 e. The summed E-state index contributed by atoms with van der Waals surface area (Å²) in [6.07, 6.45) is 3.25. The van der Waals surface area contributed by atoms with Crippen LogP contribution in [0.15, 0.2) is 41.8 Å². The number of benzene rings is 1. The minimum absolute atomic E-state index is 0.187. The summed E-state index contributed by atoms with van der Waals surface area (Å²) < 4.78 is 0. The van der Waals surface area contributed by atoms with Gasteiger partial charge in [0.1, 0.15) is 6.07 Å². The summed E-state index contributed by atoms with van der Waals surface area (Å²) in [7, 11) is 0. The summed E-state index contributed by atoms with van der Waals surface area (Å²) >= 11 is 7.19. The lowest BCUT2D eigenvalue weighted by Crippen LogP contribution is -2.22. The molecule has 1 N–H and O–H groups in total. The van der Waals surface area contributed by atoms with E-state index in [1.54, 1.807) is 43.6 Å². The van der Waals surface area contributed by atoms with Gasteiger partial charge >= 0.3 is 0 Å². The van der Waals surface area contributed by atoms with Crippen molar-refractivity contribution in [3.8, 4) is 6.07 Å². The van der Waals surface area contributed by atoms with Gasteiger partial charge < -0.3 is 5.32 Å². The Bertz CT molecular complexity index is 687. The van der Waals surface area contributed by atoms with E-state index < -0.39 is 0 Å². The second kappa shape index (κ2) is 7.07. The first kappa shape index (κ1) is 15.3. The number of halogens is 1. The number of nitriles is 1. The number of thioether (sulfide) groups is 1. The summed E-state index contributed by atoms with van der Waals surface area (Å²) in [4.78, 5) is 20.2. The van der Waals surface area contributed by atoms with Crippen molar-refractivity contribution in [3.05, 3.63) is 47.2 Å². The van der Waals surface area contributed by atoms with E-state index in [0.29, 0.717) is 21.4 Å². The highest BCUT2D eigenvalue weighted by Crippen LogP contribution is 2.23. The van der Waals surface area contributed by atoms with Gasteiger partial charge in [-0.3, -0.25) is 4.79 Å². The molecule has 0 saturated heterocycles. The minimum atomic E-state index is -0.359. The number of carbonyl (C=O) groups excluding carboxylic acids is 1. The summed E-state index contributed by atoms with van der Waals surface area (Å²) in [5, 5.41) is 12.0. The largest absolute Gasteiger partial charge is 0.325 e. The number of anilines is 1. The van der Waals surface area contributed by atoms with E-state index in [2.05, 4.69) is 15.3 Å². The van der Waals surface area contributed by atoms with Gasteiger partial charge in [-0.15, -0.1) is 0 Å². The van der Waals surface area contributed by atoms with Crippen LogP contribution in [-0.2, 0) is 4.79 Å². The number of hydrogen-bond acceptors (Lipinski definition) is 5. The van der Waals surface area contributed by atoms with E-state index in [1.165, 1.54) is 11.8 Å². The molecule has 1 aromatic heterocycles. The Balaban J connectivity index is 2.01. The third-order valence-corrected chi connectivity index (χ3v) is 3.85. The lowest BCUT2D eigenvalue weighted by molar-refractivity contribution is -0.115. The summed E-state index contributed by atoms with van der Waals surface area (Å²) in [5.41, 5.74) is 0.917. The Morgan fingerprint density at radius 1 is 1.43 bits per heavy atom. The molecule has 5 nitrogen and oxygen atoms in total. The molecule has 0 saturated carbocycles. The summed E-state index contributed by atoms with van der Waals surface area (Å²) in [6.45, 7) is 1.77. The third kappa shape index (κ3) is 4.18. The number of rotatable bonds is 4. The molecule has 0 aliphatic heterocycles. The molecule has 0 bridgehead atoms. The Hall–Kier alpha value is -2.10. The van der Waals surface area contributed by atoms with Gasteiger partial charge in [-0.05, 0) is 31.2 Å². The van der Waals surface area contributed by atoms with Crippen LogP contribution >= 0.6 is 23.4 Å². The van der Waals surface area contributed by atoms with E-state index in [1.807, 2.05) is 6.07 Å². The van der Waals surface area contributed by atoms with Crippen molar-refractivity contribution in [3.63, 3.8) is 0 Å². The first-order chi connectivity index (χ1) is 10.1. The van der Waals surface area contributed by atoms with Gasteiger partial charge in [0.05, 0.1) is 15.8 Å². The van der Waals surface area contributed by atoms with Gasteiger partial charge in [0, 0.05) is 18.1 Å². The SMILES string of the molecule is C[C@@H](Sc1ncccn1)C(=O)Nc1ccc(C#N)c(Cl)c1. The fraction of sp³-hybridized carbons (Fsp3) is 0.143. The molecule has 0 aliphatic rings. The van der Waals surface area contributed by atoms with Crippen molar-refractivity contribution < 1.29 is 4.79 Å². The molecule has 21 heavy (non-hydrogen) atoms. The van der Waals surface area contributed by atoms with Crippen molar-refractivity contribution in [1.29, 1.82) is 5.26 Å². The van der Waals surface area contributed by atoms with Crippen LogP contribution in [0, 0.1) is 11.3 Å². The van der Waals surface area contributed by atoms with Crippen LogP contribution in [0.1, 0.15) is 12.5 Å². The van der Waals surface area contributed by atoms with E-state index in [-0.39, 0.29) is 11.2 Å². The Labute approximate surface area is 131 Å². The number of nitrogens with zero attached hydrogens (tertiary/aromatic N) is 3. The Morgan fingerprint density at radius 2 is 2.14 bits per heavy atom. The molecule has 0 unspecified atom stereocenters. The normalized spacial score (nSPS) is 11.5. The molecule has 0 aliphatic carbocycles. The van der Waals surface area contributed by atoms with Crippen LogP contribution in [0.4, 0.5) is 5.69 Å². The number of aromatic nitrogens is 2. The standard InChI is InChI=1S/C14H11ClN4OS/c1-9(21-14-17-5-2-6-18-14)13(20)19-11-4-3-10(8-16)12(15)7-11/h2-7,9H,1H3,(H,19,20)/t9-/m1/s1. The van der Waals surface area contributed by atoms with Crippen LogP contribution in [-0.4, -0.2) is 21.1 Å². The van der Waals surface area contributed by atoms with Crippen LogP contribution in [0.3, 0.4) is 0 Å². The molecule has 1 heterocycles. The number of amides is 1. The average molecular weight is 319 g/mol. The zero-order valence-corrected chi connectivity index (χ0v) is 12.6. The van der Waals surface area contributed by atoms with Gasteiger partial charge in [0.25, 0.3) is 0 Å². The maximum Gasteiger partial charge on any atom is 0.237 e. The molecule has 0 radical (unpaired) electrons. The molecule has 0 fully saturated rings. The average Bonchev–Trinajstić information content (AvgIpc) is 2.48. The highest BCUT2D eigenvalue weighted by atomic mass is 35.5. The summed E-state index contributed by atoms with van der Waals surface area (Å²) in [5.74, 6) is -0.187. The quantitative estimate of drug-likeness (QED) is 0.692. The zero-order valence-electron chi connectivity index (χ0n) is 11.1. The van der Waals surface area contributed by atoms with Crippen LogP contribution < -0.4 is 5.32 Å². The molecule has 1 aromatic carbocycles. The lowest BCUT2D eigenvalue weighted by atomic mass is 10.2. The maximum absolute atomic E-state index is 12.1. The van der Waals surface area contributed by atoms with Crippen molar-refractivity contribution in [1.82, 2.24) is 9.97 Å². The van der Waals surface area contributed by atoms with Gasteiger partial charge in [-0.1, -0.05) is 23.4 Å². The molecule has 0 spiro atoms. The highest BCUT2D eigenvalue weighted by Gasteiger charge is 2.16. The van der Waals surface area contributed by atoms with Gasteiger partial charge in [0.2, 0.25) is 5.91 Å². The topological polar surface area (TPSA) is 78.7 Å². The number of carbonyl (C=O) groups is 1. The fourth-order valence-corrected chi connectivity index (χ4v) is 2.43. The highest BCUT2D eigenvalue weighted by molar-refractivity contribution is 8.00. The third-order valence-electron chi connectivity index (χ3n) is 2.55. The van der Waals surface area contributed by atoms with Gasteiger partial charge in [0.15, 0.2) is 5.16 Å².